The quantitative estimate of drug-likeness (QED) is 0.913. The lowest BCUT2D eigenvalue weighted by Crippen LogP contribution is -2.17. The van der Waals surface area contributed by atoms with Gasteiger partial charge in [0.2, 0.25) is 5.03 Å². The van der Waals surface area contributed by atoms with Gasteiger partial charge in [0.15, 0.2) is 5.82 Å². The van der Waals surface area contributed by atoms with Gasteiger partial charge in [-0.15, -0.1) is 0 Å². The van der Waals surface area contributed by atoms with Gasteiger partial charge in [0.1, 0.15) is 0 Å². The number of pyridine rings is 1. The third kappa shape index (κ3) is 2.82. The maximum Gasteiger partial charge on any atom is 0.282 e. The third-order valence-electron chi connectivity index (χ3n) is 3.28. The molecule has 1 aromatic heterocycles. The van der Waals surface area contributed by atoms with Gasteiger partial charge >= 0.3 is 0 Å². The summed E-state index contributed by atoms with van der Waals surface area (Å²) < 4.78 is 40.2. The van der Waals surface area contributed by atoms with Gasteiger partial charge in [-0.2, -0.15) is 8.42 Å². The van der Waals surface area contributed by atoms with Gasteiger partial charge in [-0.1, -0.05) is 6.07 Å². The molecule has 7 heteroatoms. The van der Waals surface area contributed by atoms with E-state index in [-0.39, 0.29) is 0 Å². The Kier molecular flexibility index (Phi) is 3.50. The van der Waals surface area contributed by atoms with Crippen molar-refractivity contribution in [3.63, 3.8) is 0 Å². The number of halogens is 1. The van der Waals surface area contributed by atoms with Crippen LogP contribution in [0.2, 0.25) is 0 Å². The molecule has 1 aliphatic rings. The molecular formula is C14H14FN3O2S. The highest BCUT2D eigenvalue weighted by Gasteiger charge is 2.21. The van der Waals surface area contributed by atoms with Crippen LogP contribution in [0.1, 0.15) is 12.0 Å². The lowest BCUT2D eigenvalue weighted by atomic mass is 10.0. The Bertz CT molecular complexity index is 778. The predicted molar refractivity (Wildman–Crippen MR) is 78.3 cm³/mol. The number of sulfonamides is 1. The molecule has 0 atom stereocenters. The van der Waals surface area contributed by atoms with E-state index in [1.165, 1.54) is 12.3 Å². The summed E-state index contributed by atoms with van der Waals surface area (Å²) >= 11 is 0. The summed E-state index contributed by atoms with van der Waals surface area (Å²) in [5.41, 5.74) is 2.43. The molecular weight excluding hydrogens is 293 g/mol. The number of nitrogens with one attached hydrogen (secondary N) is 2. The van der Waals surface area contributed by atoms with Crippen molar-refractivity contribution >= 4 is 21.4 Å². The summed E-state index contributed by atoms with van der Waals surface area (Å²) in [7, 11) is -4.03. The Labute approximate surface area is 122 Å². The molecule has 2 N–H and O–H groups in total. The molecule has 110 valence electrons. The van der Waals surface area contributed by atoms with Gasteiger partial charge in [0.05, 0.1) is 5.69 Å². The summed E-state index contributed by atoms with van der Waals surface area (Å²) in [5.74, 6) is -0.874. The number of hydrogen-bond donors (Lipinski definition) is 2. The van der Waals surface area contributed by atoms with Gasteiger partial charge in [-0.05, 0) is 42.7 Å². The van der Waals surface area contributed by atoms with E-state index < -0.39 is 20.9 Å². The van der Waals surface area contributed by atoms with E-state index in [0.717, 1.165) is 36.7 Å². The fourth-order valence-electron chi connectivity index (χ4n) is 2.30. The summed E-state index contributed by atoms with van der Waals surface area (Å²) in [5, 5.41) is 2.61. The number of aromatic nitrogens is 1. The monoisotopic (exact) mass is 307 g/mol. The maximum absolute atomic E-state index is 13.6. The highest BCUT2D eigenvalue weighted by Crippen LogP contribution is 2.26. The van der Waals surface area contributed by atoms with Crippen LogP contribution in [0.5, 0.6) is 0 Å². The molecule has 2 aromatic rings. The van der Waals surface area contributed by atoms with E-state index in [1.807, 2.05) is 6.07 Å². The molecule has 3 rings (SSSR count). The molecule has 0 saturated carbocycles. The number of fused-ring (bicyclic) bond motifs is 1. The molecule has 1 aliphatic heterocycles. The summed E-state index contributed by atoms with van der Waals surface area (Å²) in [6, 6.07) is 7.67. The van der Waals surface area contributed by atoms with E-state index >= 15 is 0 Å². The summed E-state index contributed by atoms with van der Waals surface area (Å²) in [6.07, 6.45) is 3.26. The van der Waals surface area contributed by atoms with Gasteiger partial charge in [-0.3, -0.25) is 4.72 Å². The zero-order valence-corrected chi connectivity index (χ0v) is 12.0. The second-order valence-corrected chi connectivity index (χ2v) is 6.40. The van der Waals surface area contributed by atoms with Gasteiger partial charge < -0.3 is 5.32 Å². The molecule has 0 spiro atoms. The Morgan fingerprint density at radius 3 is 2.95 bits per heavy atom. The molecule has 2 heterocycles. The Morgan fingerprint density at radius 1 is 1.29 bits per heavy atom. The van der Waals surface area contributed by atoms with Crippen LogP contribution in [0.3, 0.4) is 0 Å². The van der Waals surface area contributed by atoms with Crippen molar-refractivity contribution in [3.8, 4) is 0 Å². The Morgan fingerprint density at radius 2 is 2.14 bits per heavy atom. The van der Waals surface area contributed by atoms with E-state index in [0.29, 0.717) is 5.69 Å². The number of rotatable bonds is 3. The molecule has 5 nitrogen and oxygen atoms in total. The standard InChI is InChI=1S/C14H14FN3O2S/c15-12-4-2-8-17-14(12)21(19,20)18-11-6-5-10-3-1-7-16-13(10)9-11/h2,4-6,8-9,16,18H,1,3,7H2. The fraction of sp³-hybridized carbons (Fsp3) is 0.214. The lowest BCUT2D eigenvalue weighted by Gasteiger charge is -2.19. The zero-order chi connectivity index (χ0) is 14.9. The number of benzene rings is 1. The second-order valence-electron chi connectivity index (χ2n) is 4.80. The molecule has 0 amide bonds. The molecule has 0 saturated heterocycles. The first-order valence-electron chi connectivity index (χ1n) is 6.56. The highest BCUT2D eigenvalue weighted by atomic mass is 32.2. The fourth-order valence-corrected chi connectivity index (χ4v) is 3.36. The average Bonchev–Trinajstić information content (AvgIpc) is 2.47. The van der Waals surface area contributed by atoms with Crippen molar-refractivity contribution in [1.82, 2.24) is 4.98 Å². The maximum atomic E-state index is 13.6. The Balaban J connectivity index is 1.91. The van der Waals surface area contributed by atoms with Crippen LogP contribution in [-0.2, 0) is 16.4 Å². The molecule has 1 aromatic carbocycles. The number of anilines is 2. The minimum Gasteiger partial charge on any atom is -0.385 e. The smallest absolute Gasteiger partial charge is 0.282 e. The summed E-state index contributed by atoms with van der Waals surface area (Å²) in [4.78, 5) is 3.59. The van der Waals surface area contributed by atoms with Crippen molar-refractivity contribution in [2.24, 2.45) is 0 Å². The van der Waals surface area contributed by atoms with Crippen LogP contribution in [0, 0.1) is 5.82 Å². The second kappa shape index (κ2) is 5.33. The average molecular weight is 307 g/mol. The van der Waals surface area contributed by atoms with Crippen molar-refractivity contribution in [3.05, 3.63) is 47.9 Å². The molecule has 0 fully saturated rings. The van der Waals surface area contributed by atoms with E-state index in [2.05, 4.69) is 15.0 Å². The van der Waals surface area contributed by atoms with Crippen LogP contribution < -0.4 is 10.0 Å². The topological polar surface area (TPSA) is 71.1 Å². The first-order valence-corrected chi connectivity index (χ1v) is 8.05. The molecule has 0 aliphatic carbocycles. The first kappa shape index (κ1) is 13.8. The van der Waals surface area contributed by atoms with Crippen LogP contribution in [-0.4, -0.2) is 19.9 Å². The van der Waals surface area contributed by atoms with Crippen LogP contribution in [0.25, 0.3) is 0 Å². The van der Waals surface area contributed by atoms with E-state index in [1.54, 1.807) is 12.1 Å². The SMILES string of the molecule is O=S(=O)(Nc1ccc2c(c1)NCCC2)c1ncccc1F. The van der Waals surface area contributed by atoms with E-state index in [9.17, 15) is 12.8 Å². The minimum atomic E-state index is -4.03. The van der Waals surface area contributed by atoms with Gasteiger partial charge in [0, 0.05) is 18.4 Å². The molecule has 0 bridgehead atoms. The number of aryl methyl sites for hydroxylation is 1. The lowest BCUT2D eigenvalue weighted by molar-refractivity contribution is 0.557. The minimum absolute atomic E-state index is 0.383. The van der Waals surface area contributed by atoms with Gasteiger partial charge in [-0.25, -0.2) is 9.37 Å². The predicted octanol–water partition coefficient (Wildman–Crippen LogP) is 2.38. The first-order chi connectivity index (χ1) is 10.1. The van der Waals surface area contributed by atoms with Crippen LogP contribution in [0.15, 0.2) is 41.6 Å². The zero-order valence-electron chi connectivity index (χ0n) is 11.1. The van der Waals surface area contributed by atoms with Crippen LogP contribution >= 0.6 is 0 Å². The van der Waals surface area contributed by atoms with Gasteiger partial charge in [0.25, 0.3) is 10.0 Å². The highest BCUT2D eigenvalue weighted by molar-refractivity contribution is 7.92. The summed E-state index contributed by atoms with van der Waals surface area (Å²) in [6.45, 7) is 0.859. The van der Waals surface area contributed by atoms with Crippen LogP contribution in [0.4, 0.5) is 15.8 Å². The largest absolute Gasteiger partial charge is 0.385 e. The van der Waals surface area contributed by atoms with E-state index in [4.69, 9.17) is 0 Å². The number of hydrogen-bond acceptors (Lipinski definition) is 4. The normalized spacial score (nSPS) is 14.1. The molecule has 0 radical (unpaired) electrons. The van der Waals surface area contributed by atoms with Crippen molar-refractivity contribution in [2.45, 2.75) is 17.9 Å². The molecule has 21 heavy (non-hydrogen) atoms. The third-order valence-corrected chi connectivity index (χ3v) is 4.59. The Hall–Kier alpha value is -2.15. The van der Waals surface area contributed by atoms with Crippen molar-refractivity contribution < 1.29 is 12.8 Å². The van der Waals surface area contributed by atoms with Crippen molar-refractivity contribution in [2.75, 3.05) is 16.6 Å². The molecule has 0 unspecified atom stereocenters. The van der Waals surface area contributed by atoms with Crippen molar-refractivity contribution in [1.29, 1.82) is 0 Å². The number of nitrogens with zero attached hydrogens (tertiary/aromatic N) is 1.